The van der Waals surface area contributed by atoms with E-state index in [0.717, 1.165) is 19.0 Å². The normalized spacial score (nSPS) is 17.4. The van der Waals surface area contributed by atoms with Gasteiger partial charge >= 0.3 is 0 Å². The summed E-state index contributed by atoms with van der Waals surface area (Å²) in [7, 11) is 0. The number of nitrogens with two attached hydrogens (primary N) is 1. The first-order valence-electron chi connectivity index (χ1n) is 6.58. The van der Waals surface area contributed by atoms with Crippen molar-refractivity contribution in [3.05, 3.63) is 0 Å². The van der Waals surface area contributed by atoms with Crippen LogP contribution in [0.1, 0.15) is 53.4 Å². The molecule has 0 aromatic carbocycles. The minimum Gasteiger partial charge on any atom is -0.328 e. The van der Waals surface area contributed by atoms with Crippen molar-refractivity contribution in [1.82, 2.24) is 5.32 Å². The monoisotopic (exact) mass is 214 g/mol. The van der Waals surface area contributed by atoms with Crippen LogP contribution in [0.3, 0.4) is 0 Å². The molecular formula is C13H30N2. The standard InChI is InChI=1S/C13H30N2/c1-5-7-8-13(6-2)10-15-9-11(3)12(4)14/h11-13,15H,5-10,14H2,1-4H3. The maximum absolute atomic E-state index is 5.83. The Kier molecular flexibility index (Phi) is 9.12. The van der Waals surface area contributed by atoms with Crippen LogP contribution in [0.15, 0.2) is 0 Å². The topological polar surface area (TPSA) is 38.0 Å². The molecule has 0 radical (unpaired) electrons. The fourth-order valence-corrected chi connectivity index (χ4v) is 1.64. The quantitative estimate of drug-likeness (QED) is 0.619. The Hall–Kier alpha value is -0.0800. The van der Waals surface area contributed by atoms with Crippen molar-refractivity contribution >= 4 is 0 Å². The highest BCUT2D eigenvalue weighted by Crippen LogP contribution is 2.11. The molecule has 0 amide bonds. The fourth-order valence-electron chi connectivity index (χ4n) is 1.64. The van der Waals surface area contributed by atoms with Crippen LogP contribution >= 0.6 is 0 Å². The van der Waals surface area contributed by atoms with E-state index >= 15 is 0 Å². The smallest absolute Gasteiger partial charge is 0.00482 e. The summed E-state index contributed by atoms with van der Waals surface area (Å²) in [6, 6.07) is 0.299. The number of rotatable bonds is 9. The van der Waals surface area contributed by atoms with Gasteiger partial charge < -0.3 is 11.1 Å². The van der Waals surface area contributed by atoms with Crippen LogP contribution in [0.4, 0.5) is 0 Å². The summed E-state index contributed by atoms with van der Waals surface area (Å²) in [5.74, 6) is 1.43. The second-order valence-corrected chi connectivity index (χ2v) is 4.91. The molecule has 92 valence electrons. The van der Waals surface area contributed by atoms with Gasteiger partial charge in [-0.15, -0.1) is 0 Å². The van der Waals surface area contributed by atoms with Gasteiger partial charge in [-0.2, -0.15) is 0 Å². The Morgan fingerprint density at radius 1 is 1.13 bits per heavy atom. The maximum atomic E-state index is 5.83. The lowest BCUT2D eigenvalue weighted by atomic mass is 9.98. The molecule has 0 aliphatic rings. The lowest BCUT2D eigenvalue weighted by Crippen LogP contribution is -2.35. The number of hydrogen-bond acceptors (Lipinski definition) is 2. The second kappa shape index (κ2) is 9.17. The Bertz CT molecular complexity index is 134. The molecule has 0 aromatic heterocycles. The van der Waals surface area contributed by atoms with Gasteiger partial charge in [0.2, 0.25) is 0 Å². The molecule has 0 fully saturated rings. The Morgan fingerprint density at radius 3 is 2.27 bits per heavy atom. The van der Waals surface area contributed by atoms with Crippen LogP contribution in [-0.2, 0) is 0 Å². The van der Waals surface area contributed by atoms with Crippen molar-refractivity contribution in [3.8, 4) is 0 Å². The largest absolute Gasteiger partial charge is 0.328 e. The van der Waals surface area contributed by atoms with Gasteiger partial charge in [0.05, 0.1) is 0 Å². The van der Waals surface area contributed by atoms with Gasteiger partial charge in [0, 0.05) is 6.04 Å². The van der Waals surface area contributed by atoms with Crippen molar-refractivity contribution in [1.29, 1.82) is 0 Å². The Morgan fingerprint density at radius 2 is 1.80 bits per heavy atom. The summed E-state index contributed by atoms with van der Waals surface area (Å²) in [5, 5.41) is 3.55. The Labute approximate surface area is 96.0 Å². The first-order valence-corrected chi connectivity index (χ1v) is 6.58. The van der Waals surface area contributed by atoms with Crippen LogP contribution in [0.2, 0.25) is 0 Å². The number of hydrogen-bond donors (Lipinski definition) is 2. The van der Waals surface area contributed by atoms with Crippen molar-refractivity contribution in [2.75, 3.05) is 13.1 Å². The zero-order valence-corrected chi connectivity index (χ0v) is 11.1. The van der Waals surface area contributed by atoms with E-state index in [1.54, 1.807) is 0 Å². The summed E-state index contributed by atoms with van der Waals surface area (Å²) in [4.78, 5) is 0. The van der Waals surface area contributed by atoms with E-state index in [-0.39, 0.29) is 0 Å². The summed E-state index contributed by atoms with van der Waals surface area (Å²) in [6.07, 6.45) is 5.34. The minimum atomic E-state index is 0.299. The van der Waals surface area contributed by atoms with E-state index in [4.69, 9.17) is 5.73 Å². The van der Waals surface area contributed by atoms with Crippen molar-refractivity contribution < 1.29 is 0 Å². The molecule has 3 N–H and O–H groups in total. The summed E-state index contributed by atoms with van der Waals surface area (Å²) >= 11 is 0. The van der Waals surface area contributed by atoms with Gasteiger partial charge in [0.1, 0.15) is 0 Å². The molecule has 3 atom stereocenters. The van der Waals surface area contributed by atoms with Gasteiger partial charge in [-0.25, -0.2) is 0 Å². The molecule has 0 heterocycles. The summed E-state index contributed by atoms with van der Waals surface area (Å²) in [6.45, 7) is 11.1. The van der Waals surface area contributed by atoms with Crippen LogP contribution in [0, 0.1) is 11.8 Å². The summed E-state index contributed by atoms with van der Waals surface area (Å²) < 4.78 is 0. The molecule has 0 aromatic rings. The third kappa shape index (κ3) is 7.80. The highest BCUT2D eigenvalue weighted by molar-refractivity contribution is 4.68. The molecule has 15 heavy (non-hydrogen) atoms. The first kappa shape index (κ1) is 14.9. The van der Waals surface area contributed by atoms with E-state index in [2.05, 4.69) is 33.0 Å². The molecule has 2 nitrogen and oxygen atoms in total. The van der Waals surface area contributed by atoms with E-state index in [1.165, 1.54) is 25.7 Å². The molecule has 3 unspecified atom stereocenters. The van der Waals surface area contributed by atoms with Crippen LogP contribution < -0.4 is 11.1 Å². The van der Waals surface area contributed by atoms with Gasteiger partial charge in [-0.05, 0) is 38.3 Å². The van der Waals surface area contributed by atoms with Gasteiger partial charge in [-0.3, -0.25) is 0 Å². The molecule has 0 saturated heterocycles. The molecule has 2 heteroatoms. The maximum Gasteiger partial charge on any atom is 0.00482 e. The molecular weight excluding hydrogens is 184 g/mol. The molecule has 0 spiro atoms. The van der Waals surface area contributed by atoms with E-state index in [1.807, 2.05) is 0 Å². The SMILES string of the molecule is CCCCC(CC)CNCC(C)C(C)N. The highest BCUT2D eigenvalue weighted by atomic mass is 14.9. The van der Waals surface area contributed by atoms with Gasteiger partial charge in [0.15, 0.2) is 0 Å². The highest BCUT2D eigenvalue weighted by Gasteiger charge is 2.09. The molecule has 0 bridgehead atoms. The van der Waals surface area contributed by atoms with E-state index < -0.39 is 0 Å². The second-order valence-electron chi connectivity index (χ2n) is 4.91. The number of unbranched alkanes of at least 4 members (excludes halogenated alkanes) is 1. The predicted molar refractivity (Wildman–Crippen MR) is 69.0 cm³/mol. The van der Waals surface area contributed by atoms with Crippen molar-refractivity contribution in [2.45, 2.75) is 59.4 Å². The van der Waals surface area contributed by atoms with Crippen molar-refractivity contribution in [2.24, 2.45) is 17.6 Å². The average molecular weight is 214 g/mol. The van der Waals surface area contributed by atoms with Crippen LogP contribution in [-0.4, -0.2) is 19.1 Å². The minimum absolute atomic E-state index is 0.299. The van der Waals surface area contributed by atoms with Crippen LogP contribution in [0.5, 0.6) is 0 Å². The van der Waals surface area contributed by atoms with Crippen LogP contribution in [0.25, 0.3) is 0 Å². The zero-order valence-electron chi connectivity index (χ0n) is 11.1. The Balaban J connectivity index is 3.53. The molecule has 0 aliphatic carbocycles. The molecule has 0 saturated carbocycles. The summed E-state index contributed by atoms with van der Waals surface area (Å²) in [5.41, 5.74) is 5.83. The number of nitrogens with one attached hydrogen (secondary N) is 1. The zero-order chi connectivity index (χ0) is 11.7. The average Bonchev–Trinajstić information content (AvgIpc) is 2.22. The van der Waals surface area contributed by atoms with Gasteiger partial charge in [0.25, 0.3) is 0 Å². The molecule has 0 rings (SSSR count). The van der Waals surface area contributed by atoms with E-state index in [0.29, 0.717) is 12.0 Å². The van der Waals surface area contributed by atoms with Crippen molar-refractivity contribution in [3.63, 3.8) is 0 Å². The first-order chi connectivity index (χ1) is 7.11. The fraction of sp³-hybridized carbons (Fsp3) is 1.00. The van der Waals surface area contributed by atoms with Gasteiger partial charge in [-0.1, -0.05) is 40.0 Å². The third-order valence-electron chi connectivity index (χ3n) is 3.34. The lowest BCUT2D eigenvalue weighted by Gasteiger charge is -2.19. The third-order valence-corrected chi connectivity index (χ3v) is 3.34. The van der Waals surface area contributed by atoms with E-state index in [9.17, 15) is 0 Å². The molecule has 0 aliphatic heterocycles. The predicted octanol–water partition coefficient (Wildman–Crippen LogP) is 2.78. The lowest BCUT2D eigenvalue weighted by molar-refractivity contribution is 0.382.